The molecule has 4 aliphatic rings. The van der Waals surface area contributed by atoms with Crippen molar-refractivity contribution in [3.8, 4) is 108 Å². The van der Waals surface area contributed by atoms with Gasteiger partial charge in [0.15, 0.2) is 22.8 Å². The van der Waals surface area contributed by atoms with Crippen LogP contribution in [0.1, 0.15) is 95.0 Å². The maximum absolute atomic E-state index is 9.29. The van der Waals surface area contributed by atoms with Gasteiger partial charge in [0, 0.05) is 61.2 Å². The quantitative estimate of drug-likeness (QED) is 0.0930. The van der Waals surface area contributed by atoms with Crippen LogP contribution in [-0.2, 0) is 16.2 Å². The number of nitrogens with zero attached hydrogens (tertiary/aromatic N) is 15. The highest BCUT2D eigenvalue weighted by Crippen LogP contribution is 2.66. The monoisotopic (exact) mass is 1740 g/mol. The van der Waals surface area contributed by atoms with Crippen LogP contribution in [0.15, 0.2) is 382 Å². The summed E-state index contributed by atoms with van der Waals surface area (Å²) < 4.78 is 2.37. The Morgan fingerprint density at radius 3 is 1.10 bits per heavy atom. The van der Waals surface area contributed by atoms with Crippen molar-refractivity contribution in [2.75, 3.05) is 9.80 Å². The minimum Gasteiger partial charge on any atom is -0.370 e. The normalized spacial score (nSPS) is 12.8. The first-order valence-corrected chi connectivity index (χ1v) is 44.9. The molecule has 0 radical (unpaired) electrons. The van der Waals surface area contributed by atoms with Crippen LogP contribution in [0.25, 0.3) is 148 Å². The number of para-hydroxylation sites is 3. The Bertz CT molecular complexity index is 8480. The Morgan fingerprint density at radius 2 is 0.610 bits per heavy atom. The first-order valence-electron chi connectivity index (χ1n) is 44.9. The topological polar surface area (TPSA) is 193 Å². The molecule has 0 fully saturated rings. The van der Waals surface area contributed by atoms with E-state index in [1.807, 2.05) is 0 Å². The second kappa shape index (κ2) is 32.3. The van der Waals surface area contributed by atoms with Crippen LogP contribution in [-0.4, -0.2) is 34.5 Å². The molecule has 4 aliphatic carbocycles. The lowest BCUT2D eigenvalue weighted by atomic mass is 9.70. The van der Waals surface area contributed by atoms with E-state index in [1.54, 1.807) is 24.3 Å². The van der Waals surface area contributed by atoms with E-state index in [4.69, 9.17) is 13.1 Å². The van der Waals surface area contributed by atoms with Crippen molar-refractivity contribution in [2.45, 2.75) is 43.9 Å². The largest absolute Gasteiger partial charge is 0.370 e. The highest BCUT2D eigenvalue weighted by Gasteiger charge is 2.53. The number of anilines is 6. The van der Waals surface area contributed by atoms with Crippen LogP contribution in [0.5, 0.6) is 0 Å². The van der Waals surface area contributed by atoms with E-state index in [9.17, 15) is 21.0 Å². The van der Waals surface area contributed by atoms with Gasteiger partial charge < -0.3 is 24.1 Å². The van der Waals surface area contributed by atoms with Crippen LogP contribution in [0, 0.1) is 58.5 Å². The van der Waals surface area contributed by atoms with Gasteiger partial charge in [-0.15, -0.1) is 9.97 Å². The maximum Gasteiger partial charge on any atom is 0.294 e. The average Bonchev–Trinajstić information content (AvgIpc) is 1.50. The summed E-state index contributed by atoms with van der Waals surface area (Å²) in [5.74, 6) is -0.602. The van der Waals surface area contributed by atoms with E-state index in [-0.39, 0.29) is 78.3 Å². The second-order valence-corrected chi connectivity index (χ2v) is 35.3. The number of hydrogen-bond acceptors (Lipinski definition) is 12. The van der Waals surface area contributed by atoms with Gasteiger partial charge in [-0.2, -0.15) is 21.0 Å². The standard InChI is InChI=1S/C52H37N.C51H38N2.C18N12/c1-51(2)42-24-11-6-20-37(42)40-32-31-35(33-47(40)51)53(48-29-15-10-19-36(48)34-17-4-3-5-18-34)49-30-16-28-46-50(49)41-23-9-14-27-45(41)52(46)43-25-12-7-21-38(43)39-22-8-13-26-44(39)52;1-51(2)47-19-11-9-17-43(47)44-31-30-42(34-48(44)51)52(40-26-21-36(22-27-40)35-13-5-3-6-14-35)41-28-23-37(24-29-41)38-25-32-50-46(33-38)45-18-10-12-20-49(45)53(50)39-15-7-4-8-16-39;1-23-17-18(24-2)30-16-14-12(26-8(4-20)10(6-22)28-14)11-13(15(16)29-17)27-9(5-21)7(3-19)25-11/h3-33H,1-2H3;3-34H,1-2H3;. The number of aromatic nitrogens is 7. The fraction of sp³-hybridized carbons (Fsp3) is 0.0579. The summed E-state index contributed by atoms with van der Waals surface area (Å²) >= 11 is 0. The summed E-state index contributed by atoms with van der Waals surface area (Å²) in [5, 5.41) is 39.7. The van der Waals surface area contributed by atoms with Crippen LogP contribution in [0.3, 0.4) is 0 Å². The Morgan fingerprint density at radius 1 is 0.265 bits per heavy atom. The lowest BCUT2D eigenvalue weighted by Gasteiger charge is -2.33. The van der Waals surface area contributed by atoms with Gasteiger partial charge in [0.2, 0.25) is 11.0 Å². The molecule has 0 amide bonds. The maximum atomic E-state index is 9.29. The fourth-order valence-electron chi connectivity index (χ4n) is 21.3. The van der Waals surface area contributed by atoms with Gasteiger partial charge in [0.25, 0.3) is 11.6 Å². The highest BCUT2D eigenvalue weighted by atomic mass is 15.2. The highest BCUT2D eigenvalue weighted by molar-refractivity contribution is 6.19. The third-order valence-corrected chi connectivity index (χ3v) is 27.5. The van der Waals surface area contributed by atoms with Crippen LogP contribution < -0.4 is 9.80 Å². The smallest absolute Gasteiger partial charge is 0.294 e. The van der Waals surface area contributed by atoms with E-state index in [0.717, 1.165) is 28.4 Å². The van der Waals surface area contributed by atoms with Gasteiger partial charge in [-0.1, -0.05) is 332 Å². The van der Waals surface area contributed by atoms with Crippen LogP contribution >= 0.6 is 0 Å². The Kier molecular flexibility index (Phi) is 19.4. The lowest BCUT2D eigenvalue weighted by molar-refractivity contribution is 0.660. The zero-order valence-electron chi connectivity index (χ0n) is 74.1. The number of rotatable bonds is 10. The number of benzene rings is 17. The minimum atomic E-state index is -0.415. The molecule has 17 aromatic carbocycles. The molecule has 4 heterocycles. The molecule has 0 bridgehead atoms. The molecule has 21 aromatic rings. The Hall–Kier alpha value is -18.9. The van der Waals surface area contributed by atoms with Crippen molar-refractivity contribution < 1.29 is 0 Å². The minimum absolute atomic E-state index is 0.00714. The van der Waals surface area contributed by atoms with Gasteiger partial charge in [-0.25, -0.2) is 19.9 Å². The van der Waals surface area contributed by atoms with E-state index in [2.05, 4.69) is 464 Å². The zero-order valence-corrected chi connectivity index (χ0v) is 74.1. The third-order valence-electron chi connectivity index (χ3n) is 27.5. The van der Waals surface area contributed by atoms with Crippen molar-refractivity contribution in [1.29, 1.82) is 21.0 Å². The number of fused-ring (bicyclic) bond motifs is 25. The molecule has 25 rings (SSSR count). The Balaban J connectivity index is 0.000000120. The Labute approximate surface area is 784 Å². The van der Waals surface area contributed by atoms with Crippen molar-refractivity contribution in [3.05, 3.63) is 472 Å². The molecular formula is C121H75N15. The van der Waals surface area contributed by atoms with Crippen molar-refractivity contribution in [1.82, 2.24) is 34.5 Å². The third kappa shape index (κ3) is 12.7. The van der Waals surface area contributed by atoms with Gasteiger partial charge in [-0.05, 0) is 202 Å². The summed E-state index contributed by atoms with van der Waals surface area (Å²) in [6.45, 7) is 23.9. The van der Waals surface area contributed by atoms with Crippen LogP contribution in [0.4, 0.5) is 45.8 Å². The molecule has 15 heteroatoms. The molecule has 1 spiro atoms. The average molecular weight is 1740 g/mol. The zero-order chi connectivity index (χ0) is 92.2. The van der Waals surface area contributed by atoms with Crippen LogP contribution in [0.2, 0.25) is 0 Å². The van der Waals surface area contributed by atoms with Crippen molar-refractivity contribution in [3.63, 3.8) is 0 Å². The molecule has 0 N–H and O–H groups in total. The number of hydrogen-bond donors (Lipinski definition) is 0. The predicted molar refractivity (Wildman–Crippen MR) is 541 cm³/mol. The van der Waals surface area contributed by atoms with Gasteiger partial charge in [0.05, 0.1) is 27.8 Å². The predicted octanol–water partition coefficient (Wildman–Crippen LogP) is 29.5. The second-order valence-electron chi connectivity index (χ2n) is 35.3. The molecule has 0 aliphatic heterocycles. The van der Waals surface area contributed by atoms with Gasteiger partial charge in [-0.3, -0.25) is 0 Å². The molecule has 15 nitrogen and oxygen atoms in total. The first-order chi connectivity index (χ1) is 66.7. The SMILES string of the molecule is CC1(C)c2ccccc2-c2ccc(N(c3ccc(-c4ccccc4)cc3)c3ccc(-c4ccc5c(c4)c4ccccc4n5-c4ccccc4)cc3)cc21.CC1(C)c2ccccc2-c2ccc(N(c3ccccc3-c3ccccc3)c3cccc4c3-c3ccccc3C43c4ccccc4-c4ccccc43)cc21.[C-]#[N+]c1nc2c3nc(C#N)c(C#N)nc3c3nc(C#N)c(C#N)nc3c2nc1[N+]#[C-]. The summed E-state index contributed by atoms with van der Waals surface area (Å²) in [7, 11) is 0. The molecule has 0 saturated heterocycles. The first kappa shape index (κ1) is 81.6. The van der Waals surface area contributed by atoms with Crippen molar-refractivity contribution >= 4 is 101 Å². The molecule has 0 unspecified atom stereocenters. The molecule has 136 heavy (non-hydrogen) atoms. The van der Waals surface area contributed by atoms with Gasteiger partial charge in [0.1, 0.15) is 46.3 Å². The van der Waals surface area contributed by atoms with E-state index in [0.29, 0.717) is 0 Å². The molecule has 0 atom stereocenters. The number of nitriles is 4. The molecule has 634 valence electrons. The molecule has 0 saturated carbocycles. The lowest BCUT2D eigenvalue weighted by Crippen LogP contribution is -2.26. The van der Waals surface area contributed by atoms with Gasteiger partial charge >= 0.3 is 0 Å². The summed E-state index contributed by atoms with van der Waals surface area (Å²) in [5.41, 5.74) is 37.4. The fourth-order valence-corrected chi connectivity index (χ4v) is 21.3. The van der Waals surface area contributed by atoms with Crippen molar-refractivity contribution in [2.24, 2.45) is 0 Å². The molecular weight excluding hydrogens is 1660 g/mol. The van der Waals surface area contributed by atoms with E-state index in [1.165, 1.54) is 156 Å². The van der Waals surface area contributed by atoms with E-state index < -0.39 is 5.41 Å². The van der Waals surface area contributed by atoms with E-state index >= 15 is 0 Å². The summed E-state index contributed by atoms with van der Waals surface area (Å²) in [4.78, 5) is 36.1. The summed E-state index contributed by atoms with van der Waals surface area (Å²) in [6, 6.07) is 148. The molecule has 4 aromatic heterocycles. The summed E-state index contributed by atoms with van der Waals surface area (Å²) in [6.07, 6.45) is 0.